The molecule has 2 aliphatic carbocycles. The summed E-state index contributed by atoms with van der Waals surface area (Å²) >= 11 is 0. The van der Waals surface area contributed by atoms with E-state index in [1.54, 1.807) is 4.90 Å². The highest BCUT2D eigenvalue weighted by atomic mass is 19.3. The predicted octanol–water partition coefficient (Wildman–Crippen LogP) is 4.72. The predicted molar refractivity (Wildman–Crippen MR) is 131 cm³/mol. The van der Waals surface area contributed by atoms with Crippen LogP contribution in [0.2, 0.25) is 0 Å². The van der Waals surface area contributed by atoms with E-state index < -0.39 is 24.1 Å². The summed E-state index contributed by atoms with van der Waals surface area (Å²) in [6.45, 7) is 9.96. The van der Waals surface area contributed by atoms with E-state index in [2.05, 4.69) is 28.9 Å². The van der Waals surface area contributed by atoms with Gasteiger partial charge in [-0.05, 0) is 44.4 Å². The lowest BCUT2D eigenvalue weighted by molar-refractivity contribution is -0.174. The number of likely N-dealkylation sites (tertiary alicyclic amines) is 2. The van der Waals surface area contributed by atoms with Crippen molar-refractivity contribution in [3.05, 3.63) is 11.7 Å². The van der Waals surface area contributed by atoms with E-state index in [0.717, 1.165) is 26.1 Å². The number of nitrogens with zero attached hydrogens (tertiary/aromatic N) is 4. The minimum absolute atomic E-state index is 0.0471. The third-order valence-electron chi connectivity index (χ3n) is 8.84. The standard InChI is InChI=1S/C27H41F3N4O3/c1-17(2)15-33-10-6-18(16-33)36-22-5-4-7-27(29,30)20(22)14-23(35)34-11-8-26(3,9-12-34)25-31-24(37-32-25)19-13-21(19)28/h17-22H,4-16H2,1-3H3/t18-,19+,20+,21-,22-/m0/s1. The topological polar surface area (TPSA) is 71.7 Å². The van der Waals surface area contributed by atoms with Crippen molar-refractivity contribution in [2.24, 2.45) is 11.8 Å². The summed E-state index contributed by atoms with van der Waals surface area (Å²) in [4.78, 5) is 21.7. The van der Waals surface area contributed by atoms with Gasteiger partial charge in [-0.15, -0.1) is 0 Å². The van der Waals surface area contributed by atoms with Gasteiger partial charge in [0.2, 0.25) is 11.8 Å². The van der Waals surface area contributed by atoms with E-state index >= 15 is 8.78 Å². The second kappa shape index (κ2) is 10.5. The van der Waals surface area contributed by atoms with Gasteiger partial charge in [-0.1, -0.05) is 25.9 Å². The monoisotopic (exact) mass is 526 g/mol. The zero-order valence-corrected chi connectivity index (χ0v) is 22.3. The number of carbonyl (C=O) groups excluding carboxylic acids is 1. The van der Waals surface area contributed by atoms with Crippen LogP contribution in [-0.4, -0.2) is 82.9 Å². The van der Waals surface area contributed by atoms with Gasteiger partial charge in [-0.2, -0.15) is 4.98 Å². The van der Waals surface area contributed by atoms with Crippen LogP contribution in [0.25, 0.3) is 0 Å². The SMILES string of the molecule is CC(C)CN1CC[C@H](O[C@H]2CCCC(F)(F)[C@@H]2CC(=O)N2CCC(C)(c3noc([C@@H]4C[C@@H]4F)n3)CC2)C1. The molecule has 3 heterocycles. The molecule has 0 bridgehead atoms. The third-order valence-corrected chi connectivity index (χ3v) is 8.84. The molecule has 2 saturated heterocycles. The fraction of sp³-hybridized carbons (Fsp3) is 0.889. The Morgan fingerprint density at radius 1 is 1.19 bits per heavy atom. The molecule has 0 unspecified atom stereocenters. The second-order valence-corrected chi connectivity index (χ2v) is 12.5. The molecule has 10 heteroatoms. The van der Waals surface area contributed by atoms with Crippen molar-refractivity contribution in [1.29, 1.82) is 0 Å². The van der Waals surface area contributed by atoms with Gasteiger partial charge in [-0.3, -0.25) is 4.79 Å². The number of piperidine rings is 1. The summed E-state index contributed by atoms with van der Waals surface area (Å²) < 4.78 is 55.1. The third kappa shape index (κ3) is 6.00. The Balaban J connectivity index is 1.17. The van der Waals surface area contributed by atoms with Gasteiger partial charge in [0.05, 0.1) is 24.0 Å². The smallest absolute Gasteiger partial charge is 0.253 e. The minimum Gasteiger partial charge on any atom is -0.373 e. The Morgan fingerprint density at radius 2 is 1.92 bits per heavy atom. The average molecular weight is 527 g/mol. The Morgan fingerprint density at radius 3 is 2.59 bits per heavy atom. The molecule has 37 heavy (non-hydrogen) atoms. The Bertz CT molecular complexity index is 949. The largest absolute Gasteiger partial charge is 0.373 e. The number of hydrogen-bond acceptors (Lipinski definition) is 6. The van der Waals surface area contributed by atoms with Gasteiger partial charge >= 0.3 is 0 Å². The molecule has 4 fully saturated rings. The number of ether oxygens (including phenoxy) is 1. The normalized spacial score (nSPS) is 33.7. The first-order valence-electron chi connectivity index (χ1n) is 14.1. The molecule has 0 radical (unpaired) electrons. The summed E-state index contributed by atoms with van der Waals surface area (Å²) in [7, 11) is 0. The summed E-state index contributed by atoms with van der Waals surface area (Å²) in [5.41, 5.74) is -0.385. The highest BCUT2D eigenvalue weighted by Gasteiger charge is 2.50. The van der Waals surface area contributed by atoms with Crippen molar-refractivity contribution in [3.63, 3.8) is 0 Å². The van der Waals surface area contributed by atoms with Crippen molar-refractivity contribution in [2.45, 2.75) is 108 Å². The van der Waals surface area contributed by atoms with Gasteiger partial charge in [0.15, 0.2) is 5.82 Å². The molecule has 0 spiro atoms. The van der Waals surface area contributed by atoms with Crippen LogP contribution < -0.4 is 0 Å². The van der Waals surface area contributed by atoms with Crippen LogP contribution in [0.1, 0.15) is 89.8 Å². The van der Waals surface area contributed by atoms with E-state index in [1.807, 2.05) is 6.92 Å². The van der Waals surface area contributed by atoms with E-state index in [1.165, 1.54) is 0 Å². The number of hydrogen-bond donors (Lipinski definition) is 0. The minimum atomic E-state index is -2.91. The van der Waals surface area contributed by atoms with E-state index in [-0.39, 0.29) is 36.2 Å². The van der Waals surface area contributed by atoms with Crippen molar-refractivity contribution in [2.75, 3.05) is 32.7 Å². The van der Waals surface area contributed by atoms with Crippen LogP contribution >= 0.6 is 0 Å². The van der Waals surface area contributed by atoms with E-state index in [9.17, 15) is 9.18 Å². The van der Waals surface area contributed by atoms with Crippen molar-refractivity contribution >= 4 is 5.91 Å². The fourth-order valence-corrected chi connectivity index (χ4v) is 6.32. The highest BCUT2D eigenvalue weighted by molar-refractivity contribution is 5.76. The molecule has 208 valence electrons. The Kier molecular flexibility index (Phi) is 7.62. The molecule has 2 saturated carbocycles. The number of amides is 1. The van der Waals surface area contributed by atoms with Crippen LogP contribution in [0.5, 0.6) is 0 Å². The molecule has 4 aliphatic rings. The molecule has 5 rings (SSSR count). The first-order valence-corrected chi connectivity index (χ1v) is 14.1. The molecular weight excluding hydrogens is 485 g/mol. The number of alkyl halides is 3. The summed E-state index contributed by atoms with van der Waals surface area (Å²) in [6.07, 6.45) is 1.57. The maximum Gasteiger partial charge on any atom is 0.253 e. The second-order valence-electron chi connectivity index (χ2n) is 12.5. The fourth-order valence-electron chi connectivity index (χ4n) is 6.32. The van der Waals surface area contributed by atoms with Crippen molar-refractivity contribution < 1.29 is 27.2 Å². The molecule has 0 N–H and O–H groups in total. The van der Waals surface area contributed by atoms with Crippen LogP contribution in [0.3, 0.4) is 0 Å². The number of rotatable bonds is 8. The van der Waals surface area contributed by atoms with Gasteiger partial charge in [-0.25, -0.2) is 13.2 Å². The molecule has 5 atom stereocenters. The summed E-state index contributed by atoms with van der Waals surface area (Å²) in [5, 5.41) is 4.09. The van der Waals surface area contributed by atoms with E-state index in [4.69, 9.17) is 9.26 Å². The van der Waals surface area contributed by atoms with Crippen LogP contribution in [0.4, 0.5) is 13.2 Å². The van der Waals surface area contributed by atoms with Gasteiger partial charge in [0, 0.05) is 51.0 Å². The van der Waals surface area contributed by atoms with Crippen molar-refractivity contribution in [1.82, 2.24) is 19.9 Å². The van der Waals surface area contributed by atoms with Gasteiger partial charge in [0.1, 0.15) is 6.17 Å². The van der Waals surface area contributed by atoms with E-state index in [0.29, 0.717) is 62.8 Å². The Labute approximate surface area is 217 Å². The molecule has 1 amide bonds. The van der Waals surface area contributed by atoms with Crippen molar-refractivity contribution in [3.8, 4) is 0 Å². The molecular formula is C27H41F3N4O3. The van der Waals surface area contributed by atoms with Crippen LogP contribution in [-0.2, 0) is 14.9 Å². The lowest BCUT2D eigenvalue weighted by Gasteiger charge is -2.41. The zero-order chi connectivity index (χ0) is 26.4. The first kappa shape index (κ1) is 26.9. The van der Waals surface area contributed by atoms with Gasteiger partial charge < -0.3 is 19.1 Å². The molecule has 7 nitrogen and oxygen atoms in total. The number of aromatic nitrogens is 2. The molecule has 1 aromatic rings. The zero-order valence-electron chi connectivity index (χ0n) is 22.3. The molecule has 0 aromatic carbocycles. The molecule has 2 aliphatic heterocycles. The van der Waals surface area contributed by atoms with Crippen LogP contribution in [0.15, 0.2) is 4.52 Å². The van der Waals surface area contributed by atoms with Crippen LogP contribution in [0, 0.1) is 11.8 Å². The lowest BCUT2D eigenvalue weighted by atomic mass is 9.78. The average Bonchev–Trinajstić information content (AvgIpc) is 3.20. The quantitative estimate of drug-likeness (QED) is 0.488. The first-order chi connectivity index (χ1) is 17.5. The highest BCUT2D eigenvalue weighted by Crippen LogP contribution is 2.45. The summed E-state index contributed by atoms with van der Waals surface area (Å²) in [6, 6.07) is 0. The summed E-state index contributed by atoms with van der Waals surface area (Å²) in [5.74, 6) is -3.07. The Hall–Kier alpha value is -1.68. The number of halogens is 3. The molecule has 1 aromatic heterocycles. The van der Waals surface area contributed by atoms with Gasteiger partial charge in [0.25, 0.3) is 5.92 Å². The number of carbonyl (C=O) groups is 1. The maximum atomic E-state index is 15.1. The maximum absolute atomic E-state index is 15.1. The lowest BCUT2D eigenvalue weighted by Crippen LogP contribution is -2.49.